The van der Waals surface area contributed by atoms with Crippen molar-refractivity contribution >= 4 is 84.0 Å². The molecule has 9 heteroatoms. The van der Waals surface area contributed by atoms with Gasteiger partial charge in [-0.1, -0.05) is 23.7 Å². The molecule has 1 aliphatic heterocycles. The summed E-state index contributed by atoms with van der Waals surface area (Å²) in [7, 11) is 0. The fourth-order valence-electron chi connectivity index (χ4n) is 2.93. The maximum atomic E-state index is 13.4. The van der Waals surface area contributed by atoms with Crippen molar-refractivity contribution in [2.24, 2.45) is 4.99 Å². The third-order valence-corrected chi connectivity index (χ3v) is 6.55. The van der Waals surface area contributed by atoms with Gasteiger partial charge in [-0.15, -0.1) is 0 Å². The van der Waals surface area contributed by atoms with Crippen LogP contribution in [0.3, 0.4) is 0 Å². The third-order valence-electron chi connectivity index (χ3n) is 4.38. The SMILES string of the molecule is O=C1OC(c2cc(I)ccc2Cl)=N/C1=C\c1cc(Br)c(OCc2cccc(F)c2)c(Br)c1. The molecule has 0 amide bonds. The van der Waals surface area contributed by atoms with Crippen LogP contribution in [-0.2, 0) is 16.1 Å². The standard InChI is InChI=1S/C23H12Br2ClFINO3/c24-17-7-13(8-18(25)21(17)31-11-12-2-1-3-14(27)6-12)9-20-23(30)32-22(29-20)16-10-15(28)4-5-19(16)26/h1-10H,11H2/b20-9-. The highest BCUT2D eigenvalue weighted by Gasteiger charge is 2.26. The number of ether oxygens (including phenoxy) is 2. The van der Waals surface area contributed by atoms with Crippen LogP contribution in [0.2, 0.25) is 5.02 Å². The van der Waals surface area contributed by atoms with E-state index in [-0.39, 0.29) is 24.0 Å². The molecule has 0 fully saturated rings. The van der Waals surface area contributed by atoms with E-state index in [0.29, 0.717) is 36.4 Å². The van der Waals surface area contributed by atoms with Gasteiger partial charge in [-0.05, 0) is 114 Å². The largest absolute Gasteiger partial charge is 0.487 e. The fraction of sp³-hybridized carbons (Fsp3) is 0.0435. The van der Waals surface area contributed by atoms with Crippen LogP contribution in [0.1, 0.15) is 16.7 Å². The zero-order valence-electron chi connectivity index (χ0n) is 16.0. The Kier molecular flexibility index (Phi) is 7.34. The minimum atomic E-state index is -0.561. The van der Waals surface area contributed by atoms with E-state index in [9.17, 15) is 9.18 Å². The Balaban J connectivity index is 1.58. The van der Waals surface area contributed by atoms with Gasteiger partial charge < -0.3 is 9.47 Å². The second kappa shape index (κ2) is 10.0. The molecule has 0 bridgehead atoms. The van der Waals surface area contributed by atoms with Crippen molar-refractivity contribution in [1.82, 2.24) is 0 Å². The summed E-state index contributed by atoms with van der Waals surface area (Å²) >= 11 is 15.4. The zero-order valence-corrected chi connectivity index (χ0v) is 22.1. The first-order chi connectivity index (χ1) is 15.3. The van der Waals surface area contributed by atoms with Crippen molar-refractivity contribution < 1.29 is 18.7 Å². The molecule has 32 heavy (non-hydrogen) atoms. The van der Waals surface area contributed by atoms with Gasteiger partial charge in [0.15, 0.2) is 5.70 Å². The van der Waals surface area contributed by atoms with E-state index in [1.807, 2.05) is 6.07 Å². The number of benzene rings is 3. The molecule has 0 unspecified atom stereocenters. The molecule has 0 radical (unpaired) electrons. The molecule has 3 aromatic carbocycles. The number of halogens is 5. The predicted molar refractivity (Wildman–Crippen MR) is 137 cm³/mol. The first-order valence-corrected chi connectivity index (χ1v) is 12.2. The highest BCUT2D eigenvalue weighted by molar-refractivity contribution is 14.1. The lowest BCUT2D eigenvalue weighted by molar-refractivity contribution is -0.129. The van der Waals surface area contributed by atoms with Gasteiger partial charge in [-0.2, -0.15) is 0 Å². The van der Waals surface area contributed by atoms with Crippen LogP contribution in [0, 0.1) is 9.39 Å². The second-order valence-electron chi connectivity index (χ2n) is 6.69. The summed E-state index contributed by atoms with van der Waals surface area (Å²) in [6.07, 6.45) is 1.61. The van der Waals surface area contributed by atoms with Crippen LogP contribution in [0.15, 0.2) is 74.2 Å². The Morgan fingerprint density at radius 2 is 1.88 bits per heavy atom. The van der Waals surface area contributed by atoms with E-state index < -0.39 is 5.97 Å². The average Bonchev–Trinajstić information content (AvgIpc) is 3.09. The molecule has 0 N–H and O–H groups in total. The maximum Gasteiger partial charge on any atom is 0.363 e. The molecule has 4 rings (SSSR count). The van der Waals surface area contributed by atoms with Crippen LogP contribution in [0.4, 0.5) is 4.39 Å². The van der Waals surface area contributed by atoms with Gasteiger partial charge in [-0.3, -0.25) is 0 Å². The van der Waals surface area contributed by atoms with E-state index >= 15 is 0 Å². The normalized spacial score (nSPS) is 14.5. The topological polar surface area (TPSA) is 47.9 Å². The first-order valence-electron chi connectivity index (χ1n) is 9.14. The second-order valence-corrected chi connectivity index (χ2v) is 10.1. The molecule has 0 saturated heterocycles. The average molecular weight is 692 g/mol. The minimum Gasteiger partial charge on any atom is -0.487 e. The highest BCUT2D eigenvalue weighted by atomic mass is 127. The summed E-state index contributed by atoms with van der Waals surface area (Å²) in [5.74, 6) is -0.159. The molecule has 0 saturated carbocycles. The van der Waals surface area contributed by atoms with E-state index in [0.717, 1.165) is 3.57 Å². The quantitative estimate of drug-likeness (QED) is 0.158. The smallest absolute Gasteiger partial charge is 0.363 e. The van der Waals surface area contributed by atoms with Crippen LogP contribution in [0.25, 0.3) is 6.08 Å². The van der Waals surface area contributed by atoms with Crippen LogP contribution in [-0.4, -0.2) is 11.9 Å². The summed E-state index contributed by atoms with van der Waals surface area (Å²) in [4.78, 5) is 16.7. The summed E-state index contributed by atoms with van der Waals surface area (Å²) in [5.41, 5.74) is 2.12. The van der Waals surface area contributed by atoms with E-state index in [1.54, 1.807) is 42.5 Å². The van der Waals surface area contributed by atoms with Crippen molar-refractivity contribution in [1.29, 1.82) is 0 Å². The summed E-state index contributed by atoms with van der Waals surface area (Å²) in [6.45, 7) is 0.200. The molecular formula is C23H12Br2ClFINO3. The fourth-order valence-corrected chi connectivity index (χ4v) is 5.07. The number of hydrogen-bond acceptors (Lipinski definition) is 4. The van der Waals surface area contributed by atoms with Crippen molar-refractivity contribution in [3.05, 3.63) is 100 Å². The molecule has 1 heterocycles. The van der Waals surface area contributed by atoms with Gasteiger partial charge in [0.25, 0.3) is 0 Å². The van der Waals surface area contributed by atoms with Gasteiger partial charge in [0, 0.05) is 3.57 Å². The van der Waals surface area contributed by atoms with Crippen molar-refractivity contribution in [3.8, 4) is 5.75 Å². The number of nitrogens with zero attached hydrogens (tertiary/aromatic N) is 1. The van der Waals surface area contributed by atoms with Crippen LogP contribution < -0.4 is 4.74 Å². The van der Waals surface area contributed by atoms with E-state index in [1.165, 1.54) is 12.1 Å². The summed E-state index contributed by atoms with van der Waals surface area (Å²) in [5, 5.41) is 0.448. The molecular weight excluding hydrogens is 679 g/mol. The summed E-state index contributed by atoms with van der Waals surface area (Å²) < 4.78 is 26.8. The molecule has 0 atom stereocenters. The van der Waals surface area contributed by atoms with Gasteiger partial charge in [0.2, 0.25) is 5.90 Å². The Hall–Kier alpha value is -1.75. The van der Waals surface area contributed by atoms with Crippen molar-refractivity contribution in [3.63, 3.8) is 0 Å². The number of hydrogen-bond donors (Lipinski definition) is 0. The van der Waals surface area contributed by atoms with E-state index in [2.05, 4.69) is 59.4 Å². The molecule has 3 aromatic rings. The summed E-state index contributed by atoms with van der Waals surface area (Å²) in [6, 6.07) is 15.2. The van der Waals surface area contributed by atoms with Crippen molar-refractivity contribution in [2.75, 3.05) is 0 Å². The minimum absolute atomic E-state index is 0.155. The Labute approximate surface area is 218 Å². The van der Waals surface area contributed by atoms with Gasteiger partial charge in [-0.25, -0.2) is 14.2 Å². The Morgan fingerprint density at radius 3 is 2.59 bits per heavy atom. The molecule has 4 nitrogen and oxygen atoms in total. The lowest BCUT2D eigenvalue weighted by atomic mass is 10.2. The number of cyclic esters (lactones) is 1. The molecule has 0 spiro atoms. The lowest BCUT2D eigenvalue weighted by Crippen LogP contribution is -2.06. The monoisotopic (exact) mass is 689 g/mol. The molecule has 0 aliphatic carbocycles. The van der Waals surface area contributed by atoms with Gasteiger partial charge in [0.1, 0.15) is 18.2 Å². The van der Waals surface area contributed by atoms with Crippen molar-refractivity contribution in [2.45, 2.75) is 6.61 Å². The molecule has 162 valence electrons. The van der Waals surface area contributed by atoms with Crippen LogP contribution in [0.5, 0.6) is 5.75 Å². The number of rotatable bonds is 5. The Bertz CT molecular complexity index is 1270. The number of carbonyl (C=O) groups excluding carboxylic acids is 1. The van der Waals surface area contributed by atoms with Gasteiger partial charge >= 0.3 is 5.97 Å². The first kappa shape index (κ1) is 23.4. The lowest BCUT2D eigenvalue weighted by Gasteiger charge is -2.11. The maximum absolute atomic E-state index is 13.4. The number of esters is 1. The molecule has 1 aliphatic rings. The van der Waals surface area contributed by atoms with E-state index in [4.69, 9.17) is 21.1 Å². The highest BCUT2D eigenvalue weighted by Crippen LogP contribution is 2.36. The Morgan fingerprint density at radius 1 is 1.12 bits per heavy atom. The number of aliphatic imine (C=N–C) groups is 1. The van der Waals surface area contributed by atoms with Crippen LogP contribution >= 0.6 is 66.1 Å². The predicted octanol–water partition coefficient (Wildman–Crippen LogP) is 7.53. The zero-order chi connectivity index (χ0) is 22.8. The number of carbonyl (C=O) groups is 1. The van der Waals surface area contributed by atoms with Gasteiger partial charge in [0.05, 0.1) is 19.5 Å². The molecule has 0 aromatic heterocycles. The third kappa shape index (κ3) is 5.41.